The smallest absolute Gasteiger partial charge is 0.328 e. The normalized spacial score (nSPS) is 13.7. The molecule has 16 heavy (non-hydrogen) atoms. The summed E-state index contributed by atoms with van der Waals surface area (Å²) in [5, 5.41) is 12.9. The van der Waals surface area contributed by atoms with Crippen molar-refractivity contribution in [3.63, 3.8) is 0 Å². The topological polar surface area (TPSA) is 98.5 Å². The number of carbonyl (C=O) groups is 2. The van der Waals surface area contributed by atoms with Gasteiger partial charge in [-0.2, -0.15) is 0 Å². The Morgan fingerprint density at radius 3 is 2.38 bits per heavy atom. The Kier molecular flexibility index (Phi) is 6.06. The monoisotopic (exact) mass is 232 g/mol. The van der Waals surface area contributed by atoms with Gasteiger partial charge in [-0.25, -0.2) is 4.79 Å². The molecular weight excluding hydrogens is 216 g/mol. The van der Waals surface area contributed by atoms with Crippen LogP contribution in [0.4, 0.5) is 0 Å². The van der Waals surface area contributed by atoms with Crippen molar-refractivity contribution in [1.29, 1.82) is 0 Å². The predicted molar refractivity (Wildman–Crippen MR) is 55.3 cm³/mol. The first kappa shape index (κ1) is 14.3. The van der Waals surface area contributed by atoms with Crippen LogP contribution in [0.15, 0.2) is 0 Å². The SMILES string of the molecule is CCC(CC(NC(C)=O)C(=O)OC)[N+](=O)[O-]. The summed E-state index contributed by atoms with van der Waals surface area (Å²) < 4.78 is 4.46. The summed E-state index contributed by atoms with van der Waals surface area (Å²) in [4.78, 5) is 32.2. The Morgan fingerprint density at radius 2 is 2.06 bits per heavy atom. The number of carbonyl (C=O) groups excluding carboxylic acids is 2. The molecule has 0 spiro atoms. The molecule has 0 heterocycles. The van der Waals surface area contributed by atoms with Gasteiger partial charge in [-0.3, -0.25) is 14.9 Å². The second-order valence-corrected chi connectivity index (χ2v) is 3.36. The average molecular weight is 232 g/mol. The van der Waals surface area contributed by atoms with E-state index < -0.39 is 28.9 Å². The number of rotatable bonds is 6. The highest BCUT2D eigenvalue weighted by Crippen LogP contribution is 2.07. The van der Waals surface area contributed by atoms with Gasteiger partial charge in [0.2, 0.25) is 11.9 Å². The number of amides is 1. The molecule has 2 unspecified atom stereocenters. The summed E-state index contributed by atoms with van der Waals surface area (Å²) in [5.74, 6) is -1.09. The quantitative estimate of drug-likeness (QED) is 0.398. The lowest BCUT2D eigenvalue weighted by Gasteiger charge is -2.16. The van der Waals surface area contributed by atoms with E-state index in [1.54, 1.807) is 6.92 Å². The molecule has 0 radical (unpaired) electrons. The van der Waals surface area contributed by atoms with Crippen molar-refractivity contribution < 1.29 is 19.2 Å². The summed E-state index contributed by atoms with van der Waals surface area (Å²) in [6.07, 6.45) is 0.232. The fraction of sp³-hybridized carbons (Fsp3) is 0.778. The number of nitro groups is 1. The number of hydrogen-bond acceptors (Lipinski definition) is 5. The molecule has 7 heteroatoms. The van der Waals surface area contributed by atoms with Crippen molar-refractivity contribution in [3.05, 3.63) is 10.1 Å². The Bertz CT molecular complexity index is 279. The van der Waals surface area contributed by atoms with Crippen LogP contribution in [0.25, 0.3) is 0 Å². The van der Waals surface area contributed by atoms with Gasteiger partial charge in [-0.15, -0.1) is 0 Å². The maximum Gasteiger partial charge on any atom is 0.328 e. The van der Waals surface area contributed by atoms with Crippen molar-refractivity contribution in [2.75, 3.05) is 7.11 Å². The van der Waals surface area contributed by atoms with Crippen LogP contribution in [0.2, 0.25) is 0 Å². The predicted octanol–water partition coefficient (Wildman–Crippen LogP) is 0.109. The second kappa shape index (κ2) is 6.76. The van der Waals surface area contributed by atoms with Gasteiger partial charge >= 0.3 is 5.97 Å². The zero-order valence-electron chi connectivity index (χ0n) is 9.56. The molecule has 0 aliphatic carbocycles. The maximum atomic E-state index is 11.3. The van der Waals surface area contributed by atoms with Crippen molar-refractivity contribution in [2.45, 2.75) is 38.8 Å². The van der Waals surface area contributed by atoms with Gasteiger partial charge in [0.25, 0.3) is 0 Å². The van der Waals surface area contributed by atoms with E-state index in [0.29, 0.717) is 6.42 Å². The molecule has 0 aromatic carbocycles. The third kappa shape index (κ3) is 4.72. The minimum atomic E-state index is -0.960. The Hall–Kier alpha value is -1.66. The summed E-state index contributed by atoms with van der Waals surface area (Å²) >= 11 is 0. The van der Waals surface area contributed by atoms with Crippen LogP contribution in [0.1, 0.15) is 26.7 Å². The third-order valence-corrected chi connectivity index (χ3v) is 2.14. The number of hydrogen-bond donors (Lipinski definition) is 1. The lowest BCUT2D eigenvalue weighted by molar-refractivity contribution is -0.524. The summed E-state index contributed by atoms with van der Waals surface area (Å²) in [6.45, 7) is 2.89. The van der Waals surface area contributed by atoms with Crippen molar-refractivity contribution >= 4 is 11.9 Å². The molecule has 0 bridgehead atoms. The minimum absolute atomic E-state index is 0.0598. The lowest BCUT2D eigenvalue weighted by Crippen LogP contribution is -2.43. The summed E-state index contributed by atoms with van der Waals surface area (Å²) in [6, 6.07) is -1.83. The highest BCUT2D eigenvalue weighted by molar-refractivity contribution is 5.83. The highest BCUT2D eigenvalue weighted by atomic mass is 16.6. The summed E-state index contributed by atoms with van der Waals surface area (Å²) in [5.41, 5.74) is 0. The van der Waals surface area contributed by atoms with Gasteiger partial charge in [0.15, 0.2) is 0 Å². The molecule has 1 amide bonds. The first-order chi connectivity index (χ1) is 7.42. The van der Waals surface area contributed by atoms with Gasteiger partial charge < -0.3 is 10.1 Å². The molecule has 0 saturated carbocycles. The Balaban J connectivity index is 4.57. The van der Waals surface area contributed by atoms with Crippen LogP contribution >= 0.6 is 0 Å². The van der Waals surface area contributed by atoms with Crippen LogP contribution in [0.3, 0.4) is 0 Å². The van der Waals surface area contributed by atoms with E-state index in [1.807, 2.05) is 0 Å². The largest absolute Gasteiger partial charge is 0.467 e. The van der Waals surface area contributed by atoms with Crippen molar-refractivity contribution in [1.82, 2.24) is 5.32 Å². The fourth-order valence-electron chi connectivity index (χ4n) is 1.28. The van der Waals surface area contributed by atoms with E-state index in [0.717, 1.165) is 0 Å². The van der Waals surface area contributed by atoms with E-state index in [1.165, 1.54) is 14.0 Å². The second-order valence-electron chi connectivity index (χ2n) is 3.36. The molecule has 0 saturated heterocycles. The standard InChI is InChI=1S/C9H16N2O5/c1-4-7(11(14)15)5-8(9(13)16-3)10-6(2)12/h7-8H,4-5H2,1-3H3,(H,10,12). The molecule has 2 atom stereocenters. The van der Waals surface area contributed by atoms with E-state index in [9.17, 15) is 19.7 Å². The maximum absolute atomic E-state index is 11.3. The van der Waals surface area contributed by atoms with Crippen LogP contribution in [0.5, 0.6) is 0 Å². The molecule has 0 aromatic heterocycles. The Labute approximate surface area is 93.3 Å². The highest BCUT2D eigenvalue weighted by Gasteiger charge is 2.29. The number of esters is 1. The van der Waals surface area contributed by atoms with Gasteiger partial charge in [0.05, 0.1) is 7.11 Å². The van der Waals surface area contributed by atoms with E-state index >= 15 is 0 Å². The molecule has 0 aliphatic rings. The Morgan fingerprint density at radius 1 is 1.50 bits per heavy atom. The van der Waals surface area contributed by atoms with Gasteiger partial charge in [-0.05, 0) is 0 Å². The average Bonchev–Trinajstić information content (AvgIpc) is 2.21. The first-order valence-electron chi connectivity index (χ1n) is 4.90. The van der Waals surface area contributed by atoms with Crippen molar-refractivity contribution in [3.8, 4) is 0 Å². The molecule has 7 nitrogen and oxygen atoms in total. The molecule has 0 aliphatic heterocycles. The van der Waals surface area contributed by atoms with E-state index in [2.05, 4.69) is 10.1 Å². The number of nitrogens with one attached hydrogen (secondary N) is 1. The third-order valence-electron chi connectivity index (χ3n) is 2.14. The molecule has 92 valence electrons. The zero-order chi connectivity index (χ0) is 12.7. The van der Waals surface area contributed by atoms with Crippen LogP contribution in [-0.4, -0.2) is 36.0 Å². The first-order valence-corrected chi connectivity index (χ1v) is 4.90. The van der Waals surface area contributed by atoms with E-state index in [4.69, 9.17) is 0 Å². The summed E-state index contributed by atoms with van der Waals surface area (Å²) in [7, 11) is 1.17. The fourth-order valence-corrected chi connectivity index (χ4v) is 1.28. The van der Waals surface area contributed by atoms with Gasteiger partial charge in [-0.1, -0.05) is 6.92 Å². The molecule has 0 aromatic rings. The molecule has 1 N–H and O–H groups in total. The number of ether oxygens (including phenoxy) is 1. The van der Waals surface area contributed by atoms with Crippen LogP contribution in [-0.2, 0) is 14.3 Å². The number of nitrogens with zero attached hydrogens (tertiary/aromatic N) is 1. The van der Waals surface area contributed by atoms with Crippen LogP contribution < -0.4 is 5.32 Å². The lowest BCUT2D eigenvalue weighted by atomic mass is 10.1. The van der Waals surface area contributed by atoms with Gasteiger partial charge in [0, 0.05) is 24.7 Å². The van der Waals surface area contributed by atoms with Gasteiger partial charge in [0.1, 0.15) is 6.04 Å². The van der Waals surface area contributed by atoms with Crippen molar-refractivity contribution in [2.24, 2.45) is 0 Å². The molecule has 0 rings (SSSR count). The zero-order valence-corrected chi connectivity index (χ0v) is 9.56. The number of methoxy groups -OCH3 is 1. The minimum Gasteiger partial charge on any atom is -0.467 e. The molecular formula is C9H16N2O5. The van der Waals surface area contributed by atoms with Crippen LogP contribution in [0, 0.1) is 10.1 Å². The molecule has 0 fully saturated rings. The van der Waals surface area contributed by atoms with E-state index in [-0.39, 0.29) is 6.42 Å².